The maximum absolute atomic E-state index is 11.7. The van der Waals surface area contributed by atoms with Crippen LogP contribution in [0.25, 0.3) is 0 Å². The molecular formula is C14H25N3O5. The first-order valence-electron chi connectivity index (χ1n) is 6.62. The first-order valence-corrected chi connectivity index (χ1v) is 6.62. The predicted molar refractivity (Wildman–Crippen MR) is 81.3 cm³/mol. The fourth-order valence-corrected chi connectivity index (χ4v) is 1.35. The van der Waals surface area contributed by atoms with Gasteiger partial charge in [0.25, 0.3) is 0 Å². The minimum atomic E-state index is -0.965. The number of nitrogens with one attached hydrogen (secondary N) is 1. The lowest BCUT2D eigenvalue weighted by Gasteiger charge is -2.22. The fraction of sp³-hybridized carbons (Fsp3) is 0.571. The minimum absolute atomic E-state index is 0.0411. The molecule has 1 unspecified atom stereocenters. The number of carbonyl (C=O) groups excluding carboxylic acids is 2. The highest BCUT2D eigenvalue weighted by atomic mass is 16.6. The van der Waals surface area contributed by atoms with E-state index in [9.17, 15) is 9.59 Å². The summed E-state index contributed by atoms with van der Waals surface area (Å²) in [5.74, 6) is -0.469. The van der Waals surface area contributed by atoms with Crippen molar-refractivity contribution in [3.63, 3.8) is 0 Å². The maximum Gasteiger partial charge on any atom is 0.408 e. The molecular weight excluding hydrogens is 290 g/mol. The first kappa shape index (κ1) is 19.6. The van der Waals surface area contributed by atoms with Crippen LogP contribution in [0.5, 0.6) is 0 Å². The Morgan fingerprint density at radius 3 is 2.18 bits per heavy atom. The molecule has 0 aromatic rings. The van der Waals surface area contributed by atoms with E-state index >= 15 is 0 Å². The first-order chi connectivity index (χ1) is 10.1. The Bertz CT molecular complexity index is 452. The molecule has 0 rings (SSSR count). The molecule has 0 saturated heterocycles. The third-order valence-corrected chi connectivity index (χ3v) is 2.31. The molecule has 8 heteroatoms. The normalized spacial score (nSPS) is 14.0. The second-order valence-electron chi connectivity index (χ2n) is 5.44. The van der Waals surface area contributed by atoms with Crippen LogP contribution in [-0.2, 0) is 19.0 Å². The van der Waals surface area contributed by atoms with Crippen LogP contribution in [-0.4, -0.2) is 37.9 Å². The molecule has 0 aliphatic rings. The number of ether oxygens (including phenoxy) is 3. The summed E-state index contributed by atoms with van der Waals surface area (Å²) in [6.45, 7) is 5.14. The molecule has 22 heavy (non-hydrogen) atoms. The van der Waals surface area contributed by atoms with Gasteiger partial charge in [-0.15, -0.1) is 0 Å². The molecule has 0 bridgehead atoms. The van der Waals surface area contributed by atoms with Gasteiger partial charge in [0.05, 0.1) is 14.2 Å². The minimum Gasteiger partial charge on any atom is -0.483 e. The van der Waals surface area contributed by atoms with E-state index in [0.29, 0.717) is 5.70 Å². The van der Waals surface area contributed by atoms with Gasteiger partial charge in [-0.3, -0.25) is 0 Å². The predicted octanol–water partition coefficient (Wildman–Crippen LogP) is 0.732. The van der Waals surface area contributed by atoms with Gasteiger partial charge in [-0.25, -0.2) is 9.59 Å². The molecule has 5 N–H and O–H groups in total. The molecule has 0 aromatic heterocycles. The van der Waals surface area contributed by atoms with Crippen LogP contribution in [0, 0.1) is 0 Å². The van der Waals surface area contributed by atoms with Gasteiger partial charge in [-0.1, -0.05) is 0 Å². The standard InChI is InChI=1S/C14H25N3O5/c1-14(2,3)22-13(19)17-10(12(18)21-5)8-9(15)6-7-11(16)20-4/h6-7,10H,8,15-16H2,1-5H3,(H,17,19)/b9-6-,11-7+. The largest absolute Gasteiger partial charge is 0.483 e. The number of allylic oxidation sites excluding steroid dienone is 2. The highest BCUT2D eigenvalue weighted by Crippen LogP contribution is 2.09. The van der Waals surface area contributed by atoms with Crippen molar-refractivity contribution in [3.8, 4) is 0 Å². The Balaban J connectivity index is 4.86. The van der Waals surface area contributed by atoms with Crippen LogP contribution in [0.3, 0.4) is 0 Å². The number of hydrogen-bond donors (Lipinski definition) is 3. The number of hydrogen-bond acceptors (Lipinski definition) is 7. The van der Waals surface area contributed by atoms with E-state index in [1.54, 1.807) is 20.8 Å². The molecule has 0 heterocycles. The quantitative estimate of drug-likeness (QED) is 0.375. The van der Waals surface area contributed by atoms with Gasteiger partial charge in [0.1, 0.15) is 11.6 Å². The van der Waals surface area contributed by atoms with Gasteiger partial charge in [-0.2, -0.15) is 0 Å². The van der Waals surface area contributed by atoms with Crippen LogP contribution in [0.2, 0.25) is 0 Å². The van der Waals surface area contributed by atoms with Crippen molar-refractivity contribution in [3.05, 3.63) is 23.7 Å². The van der Waals surface area contributed by atoms with Crippen molar-refractivity contribution in [2.24, 2.45) is 11.5 Å². The second kappa shape index (κ2) is 8.81. The van der Waals surface area contributed by atoms with E-state index in [4.69, 9.17) is 20.9 Å². The average Bonchev–Trinajstić information content (AvgIpc) is 2.40. The molecule has 0 fully saturated rings. The smallest absolute Gasteiger partial charge is 0.408 e. The van der Waals surface area contributed by atoms with E-state index in [0.717, 1.165) is 0 Å². The second-order valence-corrected chi connectivity index (χ2v) is 5.44. The van der Waals surface area contributed by atoms with Crippen molar-refractivity contribution >= 4 is 12.1 Å². The van der Waals surface area contributed by atoms with E-state index < -0.39 is 23.7 Å². The molecule has 8 nitrogen and oxygen atoms in total. The number of rotatable bonds is 6. The van der Waals surface area contributed by atoms with Gasteiger partial charge >= 0.3 is 12.1 Å². The summed E-state index contributed by atoms with van der Waals surface area (Å²) in [6.07, 6.45) is 2.23. The van der Waals surface area contributed by atoms with E-state index in [2.05, 4.69) is 10.1 Å². The number of amides is 1. The molecule has 1 atom stereocenters. The van der Waals surface area contributed by atoms with E-state index in [1.165, 1.54) is 26.4 Å². The van der Waals surface area contributed by atoms with Crippen molar-refractivity contribution < 1.29 is 23.8 Å². The fourth-order valence-electron chi connectivity index (χ4n) is 1.35. The van der Waals surface area contributed by atoms with Crippen LogP contribution in [0.1, 0.15) is 27.2 Å². The SMILES string of the molecule is COC(=O)C(C/C(N)=C/C=C(\N)OC)NC(=O)OC(C)(C)C. The van der Waals surface area contributed by atoms with Crippen LogP contribution < -0.4 is 16.8 Å². The van der Waals surface area contributed by atoms with E-state index in [1.807, 2.05) is 0 Å². The number of carbonyl (C=O) groups is 2. The topological polar surface area (TPSA) is 126 Å². The molecule has 0 spiro atoms. The van der Waals surface area contributed by atoms with Gasteiger partial charge < -0.3 is 31.0 Å². The number of esters is 1. The number of nitrogens with two attached hydrogens (primary N) is 2. The monoisotopic (exact) mass is 315 g/mol. The summed E-state index contributed by atoms with van der Waals surface area (Å²) in [5.41, 5.74) is 10.9. The highest BCUT2D eigenvalue weighted by molar-refractivity contribution is 5.81. The lowest BCUT2D eigenvalue weighted by atomic mass is 10.1. The summed E-state index contributed by atoms with van der Waals surface area (Å²) < 4.78 is 14.5. The van der Waals surface area contributed by atoms with Crippen LogP contribution in [0.15, 0.2) is 23.7 Å². The van der Waals surface area contributed by atoms with Crippen molar-refractivity contribution in [2.75, 3.05) is 14.2 Å². The Kier molecular flexibility index (Phi) is 7.85. The Labute approximate surface area is 130 Å². The summed E-state index contributed by atoms with van der Waals surface area (Å²) >= 11 is 0. The Morgan fingerprint density at radius 2 is 1.73 bits per heavy atom. The Morgan fingerprint density at radius 1 is 1.14 bits per heavy atom. The maximum atomic E-state index is 11.7. The number of methoxy groups -OCH3 is 2. The highest BCUT2D eigenvalue weighted by Gasteiger charge is 2.25. The summed E-state index contributed by atoms with van der Waals surface area (Å²) in [4.78, 5) is 23.4. The zero-order valence-corrected chi connectivity index (χ0v) is 13.6. The van der Waals surface area contributed by atoms with Crippen LogP contribution in [0.4, 0.5) is 4.79 Å². The lowest BCUT2D eigenvalue weighted by molar-refractivity contribution is -0.143. The van der Waals surface area contributed by atoms with Crippen LogP contribution >= 0.6 is 0 Å². The summed E-state index contributed by atoms with van der Waals surface area (Å²) in [5, 5.41) is 2.42. The zero-order valence-electron chi connectivity index (χ0n) is 13.6. The van der Waals surface area contributed by atoms with Crippen molar-refractivity contribution in [1.82, 2.24) is 5.32 Å². The third-order valence-electron chi connectivity index (χ3n) is 2.31. The Hall–Kier alpha value is -2.38. The number of alkyl carbamates (subject to hydrolysis) is 1. The van der Waals surface area contributed by atoms with Gasteiger partial charge in [0.15, 0.2) is 5.88 Å². The molecule has 0 aliphatic carbocycles. The zero-order chi connectivity index (χ0) is 17.3. The molecule has 126 valence electrons. The average molecular weight is 315 g/mol. The van der Waals surface area contributed by atoms with Gasteiger partial charge in [0.2, 0.25) is 0 Å². The van der Waals surface area contributed by atoms with Gasteiger partial charge in [-0.05, 0) is 32.9 Å². The third kappa shape index (κ3) is 8.72. The molecule has 0 aliphatic heterocycles. The van der Waals surface area contributed by atoms with E-state index in [-0.39, 0.29) is 12.3 Å². The summed E-state index contributed by atoms with van der Waals surface area (Å²) in [6, 6.07) is -0.965. The van der Waals surface area contributed by atoms with Crippen molar-refractivity contribution in [1.29, 1.82) is 0 Å². The molecule has 0 saturated carbocycles. The van der Waals surface area contributed by atoms with Gasteiger partial charge in [0, 0.05) is 12.1 Å². The molecule has 0 aromatic carbocycles. The van der Waals surface area contributed by atoms with Crippen molar-refractivity contribution in [2.45, 2.75) is 38.8 Å². The lowest BCUT2D eigenvalue weighted by Crippen LogP contribution is -2.44. The molecule has 1 amide bonds. The summed E-state index contributed by atoms with van der Waals surface area (Å²) in [7, 11) is 2.63. The molecule has 0 radical (unpaired) electrons.